The summed E-state index contributed by atoms with van der Waals surface area (Å²) in [6, 6.07) is 9.46. The summed E-state index contributed by atoms with van der Waals surface area (Å²) in [5, 5.41) is 2.93. The van der Waals surface area contributed by atoms with Crippen LogP contribution in [0.5, 0.6) is 0 Å². The zero-order valence-electron chi connectivity index (χ0n) is 15.5. The largest absolute Gasteiger partial charge is 0.345 e. The highest BCUT2D eigenvalue weighted by atomic mass is 32.2. The van der Waals surface area contributed by atoms with Gasteiger partial charge in [-0.2, -0.15) is 0 Å². The molecule has 0 radical (unpaired) electrons. The van der Waals surface area contributed by atoms with Crippen LogP contribution in [0.4, 0.5) is 5.95 Å². The molecule has 1 aromatic carbocycles. The summed E-state index contributed by atoms with van der Waals surface area (Å²) in [6.07, 6.45) is 3.55. The molecule has 144 valence electrons. The van der Waals surface area contributed by atoms with Crippen molar-refractivity contribution in [2.45, 2.75) is 32.4 Å². The third-order valence-electron chi connectivity index (χ3n) is 4.79. The molecule has 0 bridgehead atoms. The molecular weight excluding hydrogens is 364 g/mol. The first-order valence-electron chi connectivity index (χ1n) is 9.04. The number of aromatic nitrogens is 2. The molecular formula is C19H24N4O3S. The van der Waals surface area contributed by atoms with Crippen molar-refractivity contribution in [3.8, 4) is 0 Å². The summed E-state index contributed by atoms with van der Waals surface area (Å²) in [4.78, 5) is 22.9. The molecule has 1 saturated heterocycles. The van der Waals surface area contributed by atoms with E-state index in [0.29, 0.717) is 24.5 Å². The normalized spacial score (nSPS) is 19.4. The number of carbonyl (C=O) groups excluding carboxylic acids is 1. The van der Waals surface area contributed by atoms with Crippen LogP contribution in [0.3, 0.4) is 0 Å². The van der Waals surface area contributed by atoms with E-state index >= 15 is 0 Å². The van der Waals surface area contributed by atoms with Crippen LogP contribution >= 0.6 is 0 Å². The maximum absolute atomic E-state index is 12.4. The molecule has 1 amide bonds. The highest BCUT2D eigenvalue weighted by Crippen LogP contribution is 2.21. The molecule has 1 N–H and O–H groups in total. The van der Waals surface area contributed by atoms with Gasteiger partial charge < -0.3 is 10.2 Å². The molecule has 8 heteroatoms. The van der Waals surface area contributed by atoms with Crippen LogP contribution < -0.4 is 10.2 Å². The van der Waals surface area contributed by atoms with E-state index in [2.05, 4.69) is 15.3 Å². The number of anilines is 1. The molecule has 1 aliphatic heterocycles. The quantitative estimate of drug-likeness (QED) is 0.813. The minimum atomic E-state index is -2.98. The summed E-state index contributed by atoms with van der Waals surface area (Å²) in [7, 11) is -2.98. The average molecular weight is 388 g/mol. The standard InChI is InChI=1S/C19H24N4O3S/c1-3-23(17-9-10-27(25,26)13-17)19-20-11-16(12-21-19)18(24)22-14(2)15-7-5-4-6-8-15/h4-8,11-12,14,17H,3,9-10,13H2,1-2H3,(H,22,24). The van der Waals surface area contributed by atoms with Crippen LogP contribution in [-0.4, -0.2) is 48.4 Å². The number of amides is 1. The van der Waals surface area contributed by atoms with E-state index in [9.17, 15) is 13.2 Å². The summed E-state index contributed by atoms with van der Waals surface area (Å²) in [5.41, 5.74) is 1.39. The smallest absolute Gasteiger partial charge is 0.254 e. The van der Waals surface area contributed by atoms with Gasteiger partial charge >= 0.3 is 0 Å². The molecule has 1 fully saturated rings. The van der Waals surface area contributed by atoms with Gasteiger partial charge in [0, 0.05) is 25.0 Å². The Labute approximate surface area is 159 Å². The monoisotopic (exact) mass is 388 g/mol. The van der Waals surface area contributed by atoms with Crippen molar-refractivity contribution in [1.29, 1.82) is 0 Å². The molecule has 1 aromatic heterocycles. The number of benzene rings is 1. The highest BCUT2D eigenvalue weighted by Gasteiger charge is 2.32. The first kappa shape index (κ1) is 19.3. The summed E-state index contributed by atoms with van der Waals surface area (Å²) >= 11 is 0. The minimum Gasteiger partial charge on any atom is -0.345 e. The second kappa shape index (κ2) is 8.04. The Kier molecular flexibility index (Phi) is 5.74. The predicted octanol–water partition coefficient (Wildman–Crippen LogP) is 1.98. The topological polar surface area (TPSA) is 92.3 Å². The van der Waals surface area contributed by atoms with Gasteiger partial charge in [-0.05, 0) is 25.8 Å². The lowest BCUT2D eigenvalue weighted by Gasteiger charge is -2.26. The van der Waals surface area contributed by atoms with Crippen molar-refractivity contribution in [2.24, 2.45) is 0 Å². The maximum atomic E-state index is 12.4. The van der Waals surface area contributed by atoms with Crippen molar-refractivity contribution < 1.29 is 13.2 Å². The lowest BCUT2D eigenvalue weighted by molar-refractivity contribution is 0.0939. The average Bonchev–Trinajstić information content (AvgIpc) is 3.03. The Morgan fingerprint density at radius 1 is 1.26 bits per heavy atom. The van der Waals surface area contributed by atoms with Gasteiger partial charge in [0.2, 0.25) is 5.95 Å². The van der Waals surface area contributed by atoms with E-state index in [-0.39, 0.29) is 29.5 Å². The fraction of sp³-hybridized carbons (Fsp3) is 0.421. The van der Waals surface area contributed by atoms with Gasteiger partial charge in [-0.25, -0.2) is 18.4 Å². The van der Waals surface area contributed by atoms with Crippen molar-refractivity contribution in [1.82, 2.24) is 15.3 Å². The van der Waals surface area contributed by atoms with Crippen LogP contribution in [0.2, 0.25) is 0 Å². The van der Waals surface area contributed by atoms with Crippen molar-refractivity contribution in [3.05, 3.63) is 53.9 Å². The highest BCUT2D eigenvalue weighted by molar-refractivity contribution is 7.91. The van der Waals surface area contributed by atoms with Crippen molar-refractivity contribution in [2.75, 3.05) is 23.0 Å². The molecule has 2 aromatic rings. The lowest BCUT2D eigenvalue weighted by Crippen LogP contribution is -2.37. The third kappa shape index (κ3) is 4.63. The Hall–Kier alpha value is -2.48. The number of rotatable bonds is 6. The molecule has 1 aliphatic rings. The fourth-order valence-corrected chi connectivity index (χ4v) is 5.01. The zero-order chi connectivity index (χ0) is 19.4. The van der Waals surface area contributed by atoms with Gasteiger partial charge in [-0.15, -0.1) is 0 Å². The number of nitrogens with zero attached hydrogens (tertiary/aromatic N) is 3. The molecule has 3 rings (SSSR count). The SMILES string of the molecule is CCN(c1ncc(C(=O)NC(C)c2ccccc2)cn1)C1CCS(=O)(=O)C1. The van der Waals surface area contributed by atoms with Crippen LogP contribution in [0.1, 0.15) is 42.2 Å². The third-order valence-corrected chi connectivity index (χ3v) is 6.54. The Bertz CT molecular complexity index is 885. The Balaban J connectivity index is 1.68. The molecule has 0 aliphatic carbocycles. The molecule has 27 heavy (non-hydrogen) atoms. The summed E-state index contributed by atoms with van der Waals surface area (Å²) < 4.78 is 23.5. The summed E-state index contributed by atoms with van der Waals surface area (Å²) in [5.74, 6) is 0.532. The maximum Gasteiger partial charge on any atom is 0.254 e. The number of hydrogen-bond donors (Lipinski definition) is 1. The van der Waals surface area contributed by atoms with Crippen LogP contribution in [0, 0.1) is 0 Å². The second-order valence-electron chi connectivity index (χ2n) is 6.72. The van der Waals surface area contributed by atoms with Crippen molar-refractivity contribution in [3.63, 3.8) is 0 Å². The number of carbonyl (C=O) groups is 1. The van der Waals surface area contributed by atoms with Crippen LogP contribution in [0.15, 0.2) is 42.7 Å². The van der Waals surface area contributed by atoms with E-state index in [1.807, 2.05) is 49.1 Å². The van der Waals surface area contributed by atoms with E-state index in [1.165, 1.54) is 12.4 Å². The molecule has 2 atom stereocenters. The second-order valence-corrected chi connectivity index (χ2v) is 8.95. The van der Waals surface area contributed by atoms with Crippen molar-refractivity contribution >= 4 is 21.7 Å². The first-order chi connectivity index (χ1) is 12.9. The fourth-order valence-electron chi connectivity index (χ4n) is 3.28. The van der Waals surface area contributed by atoms with E-state index in [1.54, 1.807) is 0 Å². The molecule has 7 nitrogen and oxygen atoms in total. The first-order valence-corrected chi connectivity index (χ1v) is 10.9. The van der Waals surface area contributed by atoms with Gasteiger partial charge in [0.25, 0.3) is 5.91 Å². The zero-order valence-corrected chi connectivity index (χ0v) is 16.3. The van der Waals surface area contributed by atoms with Gasteiger partial charge in [-0.1, -0.05) is 30.3 Å². The Morgan fingerprint density at radius 2 is 1.93 bits per heavy atom. The minimum absolute atomic E-state index is 0.113. The summed E-state index contributed by atoms with van der Waals surface area (Å²) in [6.45, 7) is 4.47. The van der Waals surface area contributed by atoms with Crippen LogP contribution in [0.25, 0.3) is 0 Å². The van der Waals surface area contributed by atoms with E-state index in [4.69, 9.17) is 0 Å². The van der Waals surface area contributed by atoms with Crippen LogP contribution in [-0.2, 0) is 9.84 Å². The predicted molar refractivity (Wildman–Crippen MR) is 104 cm³/mol. The van der Waals surface area contributed by atoms with Gasteiger partial charge in [0.05, 0.1) is 23.1 Å². The number of hydrogen-bond acceptors (Lipinski definition) is 6. The van der Waals surface area contributed by atoms with Gasteiger partial charge in [-0.3, -0.25) is 4.79 Å². The molecule has 0 saturated carbocycles. The van der Waals surface area contributed by atoms with E-state index < -0.39 is 9.84 Å². The lowest BCUT2D eigenvalue weighted by atomic mass is 10.1. The molecule has 0 spiro atoms. The number of nitrogens with one attached hydrogen (secondary N) is 1. The van der Waals surface area contributed by atoms with Gasteiger partial charge in [0.1, 0.15) is 0 Å². The Morgan fingerprint density at radius 3 is 2.48 bits per heavy atom. The molecule has 2 unspecified atom stereocenters. The number of sulfone groups is 1. The van der Waals surface area contributed by atoms with Gasteiger partial charge in [0.15, 0.2) is 9.84 Å². The van der Waals surface area contributed by atoms with E-state index in [0.717, 1.165) is 5.56 Å². The molecule has 2 heterocycles.